The average Bonchev–Trinajstić information content (AvgIpc) is 3.08. The second-order valence-corrected chi connectivity index (χ2v) is 16.6. The summed E-state index contributed by atoms with van der Waals surface area (Å²) >= 11 is 0. The van der Waals surface area contributed by atoms with E-state index in [1.165, 1.54) is 173 Å². The summed E-state index contributed by atoms with van der Waals surface area (Å²) in [7, 11) is -2.95. The Kier molecular flexibility index (Phi) is 32.2. The van der Waals surface area contributed by atoms with Crippen molar-refractivity contribution in [1.82, 2.24) is 0 Å². The molecule has 46 heavy (non-hydrogen) atoms. The molecule has 270 valence electrons. The van der Waals surface area contributed by atoms with Gasteiger partial charge in [-0.1, -0.05) is 224 Å². The second-order valence-electron chi connectivity index (χ2n) is 14.0. The Morgan fingerprint density at radius 3 is 0.826 bits per heavy atom. The molecule has 1 aromatic carbocycles. The molecule has 1 rings (SSSR count). The maximum atomic E-state index is 6.77. The Balaban J connectivity index is 2.53. The third kappa shape index (κ3) is 25.3. The third-order valence-corrected chi connectivity index (χ3v) is 12.3. The summed E-state index contributed by atoms with van der Waals surface area (Å²) in [5.74, 6) is 0. The number of benzene rings is 1. The maximum absolute atomic E-state index is 6.77. The van der Waals surface area contributed by atoms with Crippen molar-refractivity contribution in [3.8, 4) is 0 Å². The smallest absolute Gasteiger partial charge is 0.370 e. The quantitative estimate of drug-likeness (QED) is 0.0525. The predicted octanol–water partition coefficient (Wildman–Crippen LogP) is 13.6. The van der Waals surface area contributed by atoms with Crippen molar-refractivity contribution in [3.63, 3.8) is 0 Å². The van der Waals surface area contributed by atoms with E-state index in [2.05, 4.69) is 51.1 Å². The van der Waals surface area contributed by atoms with Crippen molar-refractivity contribution in [2.24, 2.45) is 0 Å². The van der Waals surface area contributed by atoms with Crippen LogP contribution in [0.4, 0.5) is 0 Å². The van der Waals surface area contributed by atoms with Crippen molar-refractivity contribution in [2.45, 2.75) is 213 Å². The van der Waals surface area contributed by atoms with E-state index in [-0.39, 0.29) is 0 Å². The minimum atomic E-state index is -2.95. The summed E-state index contributed by atoms with van der Waals surface area (Å²) in [6, 6.07) is 10.7. The molecular weight excluding hydrogens is 581 g/mol. The van der Waals surface area contributed by atoms with E-state index < -0.39 is 8.80 Å². The van der Waals surface area contributed by atoms with Crippen LogP contribution in [0.3, 0.4) is 0 Å². The molecule has 0 unspecified atom stereocenters. The highest BCUT2D eigenvalue weighted by molar-refractivity contribution is 6.75. The normalized spacial score (nSPS) is 11.9. The van der Waals surface area contributed by atoms with E-state index in [0.29, 0.717) is 0 Å². The summed E-state index contributed by atoms with van der Waals surface area (Å²) in [5, 5.41) is 1.14. The van der Waals surface area contributed by atoms with Crippen LogP contribution in [-0.4, -0.2) is 28.6 Å². The Labute approximate surface area is 290 Å². The number of unbranched alkanes of at least 4 members (excludes halogenated alkanes) is 27. The number of rotatable bonds is 37. The van der Waals surface area contributed by atoms with Gasteiger partial charge in [0.05, 0.1) is 0 Å². The SMILES string of the molecule is CCCCCCCCCCCCO[Si](OCCCCCCCCCCCC)(OCCCCCCCCCCCC)c1ccccc1. The molecule has 0 aliphatic heterocycles. The van der Waals surface area contributed by atoms with Crippen LogP contribution in [0.2, 0.25) is 0 Å². The fraction of sp³-hybridized carbons (Fsp3) is 0.857. The first-order chi connectivity index (χ1) is 22.8. The maximum Gasteiger partial charge on any atom is 0.537 e. The summed E-state index contributed by atoms with van der Waals surface area (Å²) in [6.07, 6.45) is 40.1. The summed E-state index contributed by atoms with van der Waals surface area (Å²) < 4.78 is 20.3. The molecule has 3 nitrogen and oxygen atoms in total. The van der Waals surface area contributed by atoms with Gasteiger partial charge < -0.3 is 13.3 Å². The van der Waals surface area contributed by atoms with E-state index in [1.54, 1.807) is 0 Å². The first-order valence-electron chi connectivity index (χ1n) is 20.8. The molecule has 4 heteroatoms. The molecule has 0 atom stereocenters. The molecule has 0 heterocycles. The number of hydrogen-bond acceptors (Lipinski definition) is 3. The minimum Gasteiger partial charge on any atom is -0.370 e. The number of hydrogen-bond donors (Lipinski definition) is 0. The van der Waals surface area contributed by atoms with Crippen LogP contribution in [-0.2, 0) is 13.3 Å². The fourth-order valence-electron chi connectivity index (χ4n) is 6.41. The zero-order valence-electron chi connectivity index (χ0n) is 31.4. The lowest BCUT2D eigenvalue weighted by Crippen LogP contribution is -2.57. The largest absolute Gasteiger partial charge is 0.537 e. The van der Waals surface area contributed by atoms with E-state index >= 15 is 0 Å². The van der Waals surface area contributed by atoms with Crippen LogP contribution in [0.25, 0.3) is 0 Å². The molecule has 0 amide bonds. The van der Waals surface area contributed by atoms with Crippen LogP contribution in [0.1, 0.15) is 213 Å². The third-order valence-electron chi connectivity index (χ3n) is 9.50. The zero-order chi connectivity index (χ0) is 33.1. The van der Waals surface area contributed by atoms with E-state index in [1.807, 2.05) is 0 Å². The Bertz CT molecular complexity index is 648. The van der Waals surface area contributed by atoms with Crippen LogP contribution < -0.4 is 5.19 Å². The average molecular weight is 661 g/mol. The van der Waals surface area contributed by atoms with Gasteiger partial charge in [-0.3, -0.25) is 0 Å². The molecule has 0 saturated carbocycles. The molecule has 0 saturated heterocycles. The lowest BCUT2D eigenvalue weighted by Gasteiger charge is -2.30. The van der Waals surface area contributed by atoms with Crippen molar-refractivity contribution in [2.75, 3.05) is 19.8 Å². The van der Waals surface area contributed by atoms with E-state index in [4.69, 9.17) is 13.3 Å². The topological polar surface area (TPSA) is 27.7 Å². The van der Waals surface area contributed by atoms with Gasteiger partial charge in [-0.15, -0.1) is 0 Å². The van der Waals surface area contributed by atoms with Gasteiger partial charge in [0.2, 0.25) is 0 Å². The van der Waals surface area contributed by atoms with Crippen molar-refractivity contribution in [1.29, 1.82) is 0 Å². The van der Waals surface area contributed by atoms with Crippen LogP contribution in [0.15, 0.2) is 30.3 Å². The predicted molar refractivity (Wildman–Crippen MR) is 205 cm³/mol. The Morgan fingerprint density at radius 1 is 0.326 bits per heavy atom. The molecule has 0 aliphatic carbocycles. The highest BCUT2D eigenvalue weighted by Gasteiger charge is 2.43. The van der Waals surface area contributed by atoms with E-state index in [9.17, 15) is 0 Å². The van der Waals surface area contributed by atoms with Gasteiger partial charge in [-0.2, -0.15) is 0 Å². The van der Waals surface area contributed by atoms with Crippen molar-refractivity contribution in [3.05, 3.63) is 30.3 Å². The first-order valence-corrected chi connectivity index (χ1v) is 22.5. The Hall–Kier alpha value is -0.683. The highest BCUT2D eigenvalue weighted by Crippen LogP contribution is 2.18. The van der Waals surface area contributed by atoms with Gasteiger partial charge in [0, 0.05) is 25.0 Å². The first kappa shape index (κ1) is 43.3. The van der Waals surface area contributed by atoms with Crippen LogP contribution in [0.5, 0.6) is 0 Å². The van der Waals surface area contributed by atoms with Gasteiger partial charge in [-0.05, 0) is 19.3 Å². The lowest BCUT2D eigenvalue weighted by atomic mass is 10.1. The molecular formula is C42H80O3Si. The van der Waals surface area contributed by atoms with Crippen LogP contribution in [0, 0.1) is 0 Å². The molecule has 0 aromatic heterocycles. The standard InChI is InChI=1S/C42H80O3Si/c1-4-7-10-13-16-19-22-25-28-34-39-43-46(42-37-32-31-33-38-42,44-40-35-29-26-23-20-17-14-11-8-5-2)45-41-36-30-27-24-21-18-15-12-9-6-3/h31-33,37-38H,4-30,34-36,39-41H2,1-3H3. The monoisotopic (exact) mass is 661 g/mol. The second kappa shape index (κ2) is 34.2. The van der Waals surface area contributed by atoms with Gasteiger partial charge >= 0.3 is 8.80 Å². The van der Waals surface area contributed by atoms with Gasteiger partial charge in [0.25, 0.3) is 0 Å². The highest BCUT2D eigenvalue weighted by atomic mass is 28.4. The molecule has 0 bridgehead atoms. The van der Waals surface area contributed by atoms with Crippen molar-refractivity contribution >= 4 is 14.0 Å². The van der Waals surface area contributed by atoms with E-state index in [0.717, 1.165) is 44.3 Å². The molecule has 1 aromatic rings. The van der Waals surface area contributed by atoms with Gasteiger partial charge in [-0.25, -0.2) is 0 Å². The van der Waals surface area contributed by atoms with Gasteiger partial charge in [0.15, 0.2) is 0 Å². The van der Waals surface area contributed by atoms with Gasteiger partial charge in [0.1, 0.15) is 0 Å². The van der Waals surface area contributed by atoms with Crippen LogP contribution >= 0.6 is 0 Å². The molecule has 0 spiro atoms. The lowest BCUT2D eigenvalue weighted by molar-refractivity contribution is 0.0688. The molecule has 0 radical (unpaired) electrons. The summed E-state index contributed by atoms with van der Waals surface area (Å²) in [6.45, 7) is 9.12. The Morgan fingerprint density at radius 2 is 0.565 bits per heavy atom. The summed E-state index contributed by atoms with van der Waals surface area (Å²) in [5.41, 5.74) is 0. The fourth-order valence-corrected chi connectivity index (χ4v) is 9.00. The molecule has 0 aliphatic rings. The van der Waals surface area contributed by atoms with Crippen molar-refractivity contribution < 1.29 is 13.3 Å². The molecule has 0 N–H and O–H groups in total. The minimum absolute atomic E-state index is 0.744. The molecule has 0 fully saturated rings. The zero-order valence-corrected chi connectivity index (χ0v) is 32.4. The summed E-state index contributed by atoms with van der Waals surface area (Å²) in [4.78, 5) is 0.